The first-order chi connectivity index (χ1) is 12.1. The van der Waals surface area contributed by atoms with E-state index in [-0.39, 0.29) is 11.8 Å². The van der Waals surface area contributed by atoms with Crippen molar-refractivity contribution in [1.29, 1.82) is 0 Å². The molecule has 3 rings (SSSR count). The van der Waals surface area contributed by atoms with Crippen LogP contribution < -0.4 is 5.32 Å². The average molecular weight is 338 g/mol. The number of piperidine rings is 1. The van der Waals surface area contributed by atoms with Gasteiger partial charge in [0, 0.05) is 44.4 Å². The van der Waals surface area contributed by atoms with E-state index >= 15 is 0 Å². The van der Waals surface area contributed by atoms with Crippen LogP contribution in [-0.2, 0) is 6.54 Å². The first kappa shape index (κ1) is 17.1. The van der Waals surface area contributed by atoms with Crippen LogP contribution in [0, 0.1) is 5.92 Å². The Morgan fingerprint density at radius 3 is 2.84 bits per heavy atom. The van der Waals surface area contributed by atoms with Gasteiger partial charge in [-0.2, -0.15) is 0 Å². The fourth-order valence-corrected chi connectivity index (χ4v) is 3.02. The SMILES string of the molecule is CC1CCCN(C(=O)c2cncc(C(=O)NCc3cccnc3)c2)C1. The third-order valence-electron chi connectivity index (χ3n) is 4.37. The minimum Gasteiger partial charge on any atom is -0.348 e. The van der Waals surface area contributed by atoms with Crippen LogP contribution >= 0.6 is 0 Å². The summed E-state index contributed by atoms with van der Waals surface area (Å²) in [6.07, 6.45) is 8.57. The highest BCUT2D eigenvalue weighted by molar-refractivity contribution is 5.99. The minimum absolute atomic E-state index is 0.0547. The van der Waals surface area contributed by atoms with E-state index in [1.54, 1.807) is 18.5 Å². The predicted octanol–water partition coefficient (Wildman–Crippen LogP) is 2.28. The highest BCUT2D eigenvalue weighted by atomic mass is 16.2. The Morgan fingerprint density at radius 2 is 2.08 bits per heavy atom. The van der Waals surface area contributed by atoms with Gasteiger partial charge in [0.15, 0.2) is 0 Å². The fourth-order valence-electron chi connectivity index (χ4n) is 3.02. The van der Waals surface area contributed by atoms with Crippen molar-refractivity contribution in [3.63, 3.8) is 0 Å². The van der Waals surface area contributed by atoms with Crippen LogP contribution in [0.15, 0.2) is 43.0 Å². The summed E-state index contributed by atoms with van der Waals surface area (Å²) in [6, 6.07) is 5.33. The second-order valence-electron chi connectivity index (χ2n) is 6.50. The molecule has 1 atom stereocenters. The molecule has 6 nitrogen and oxygen atoms in total. The fraction of sp³-hybridized carbons (Fsp3) is 0.368. The third kappa shape index (κ3) is 4.41. The predicted molar refractivity (Wildman–Crippen MR) is 93.9 cm³/mol. The smallest absolute Gasteiger partial charge is 0.255 e. The van der Waals surface area contributed by atoms with Gasteiger partial charge in [0.25, 0.3) is 11.8 Å². The number of nitrogens with zero attached hydrogens (tertiary/aromatic N) is 3. The molecule has 2 amide bonds. The molecule has 2 aromatic rings. The van der Waals surface area contributed by atoms with E-state index in [1.807, 2.05) is 17.0 Å². The molecule has 0 bridgehead atoms. The van der Waals surface area contributed by atoms with Crippen LogP contribution in [0.2, 0.25) is 0 Å². The molecule has 0 spiro atoms. The van der Waals surface area contributed by atoms with Crippen molar-refractivity contribution in [2.45, 2.75) is 26.3 Å². The maximum absolute atomic E-state index is 12.6. The van der Waals surface area contributed by atoms with Crippen molar-refractivity contribution in [2.24, 2.45) is 5.92 Å². The molecule has 2 aromatic heterocycles. The molecule has 3 heterocycles. The average Bonchev–Trinajstić information content (AvgIpc) is 2.66. The number of likely N-dealkylation sites (tertiary alicyclic amines) is 1. The van der Waals surface area contributed by atoms with Gasteiger partial charge in [0.2, 0.25) is 0 Å². The lowest BCUT2D eigenvalue weighted by molar-refractivity contribution is 0.0682. The summed E-state index contributed by atoms with van der Waals surface area (Å²) >= 11 is 0. The summed E-state index contributed by atoms with van der Waals surface area (Å²) < 4.78 is 0. The normalized spacial score (nSPS) is 17.2. The summed E-state index contributed by atoms with van der Waals surface area (Å²) in [5.74, 6) is 0.204. The number of amides is 2. The Bertz CT molecular complexity index is 748. The maximum Gasteiger partial charge on any atom is 0.255 e. The molecule has 1 aliphatic rings. The van der Waals surface area contributed by atoms with Gasteiger partial charge in [-0.1, -0.05) is 13.0 Å². The maximum atomic E-state index is 12.6. The molecular weight excluding hydrogens is 316 g/mol. The Morgan fingerprint density at radius 1 is 1.24 bits per heavy atom. The highest BCUT2D eigenvalue weighted by Gasteiger charge is 2.22. The molecule has 0 aromatic carbocycles. The third-order valence-corrected chi connectivity index (χ3v) is 4.37. The van der Waals surface area contributed by atoms with Gasteiger partial charge in [0.05, 0.1) is 11.1 Å². The first-order valence-electron chi connectivity index (χ1n) is 8.55. The second kappa shape index (κ2) is 7.88. The van der Waals surface area contributed by atoms with E-state index in [1.165, 1.54) is 12.4 Å². The Balaban J connectivity index is 1.66. The largest absolute Gasteiger partial charge is 0.348 e. The van der Waals surface area contributed by atoms with E-state index in [0.29, 0.717) is 23.6 Å². The summed E-state index contributed by atoms with van der Waals surface area (Å²) in [7, 11) is 0. The van der Waals surface area contributed by atoms with E-state index in [4.69, 9.17) is 0 Å². The van der Waals surface area contributed by atoms with E-state index in [0.717, 1.165) is 31.5 Å². The van der Waals surface area contributed by atoms with Crippen molar-refractivity contribution < 1.29 is 9.59 Å². The molecule has 130 valence electrons. The molecule has 25 heavy (non-hydrogen) atoms. The second-order valence-corrected chi connectivity index (χ2v) is 6.50. The molecule has 1 unspecified atom stereocenters. The van der Waals surface area contributed by atoms with Gasteiger partial charge in [-0.05, 0) is 36.5 Å². The molecule has 1 fully saturated rings. The molecular formula is C19H22N4O2. The van der Waals surface area contributed by atoms with Crippen LogP contribution in [0.5, 0.6) is 0 Å². The molecule has 1 saturated heterocycles. The van der Waals surface area contributed by atoms with Crippen LogP contribution in [0.4, 0.5) is 0 Å². The summed E-state index contributed by atoms with van der Waals surface area (Å²) in [5, 5.41) is 2.82. The summed E-state index contributed by atoms with van der Waals surface area (Å²) in [5.41, 5.74) is 1.77. The standard InChI is InChI=1S/C19H22N4O2/c1-14-4-3-7-23(13-14)19(25)17-8-16(11-21-12-17)18(24)22-10-15-5-2-6-20-9-15/h2,5-6,8-9,11-12,14H,3-4,7,10,13H2,1H3,(H,22,24). The number of hydrogen-bond donors (Lipinski definition) is 1. The molecule has 1 aliphatic heterocycles. The van der Waals surface area contributed by atoms with E-state index in [9.17, 15) is 9.59 Å². The number of rotatable bonds is 4. The lowest BCUT2D eigenvalue weighted by atomic mass is 9.99. The van der Waals surface area contributed by atoms with E-state index in [2.05, 4.69) is 22.2 Å². The number of pyridine rings is 2. The zero-order valence-corrected chi connectivity index (χ0v) is 14.3. The van der Waals surface area contributed by atoms with Crippen LogP contribution in [0.1, 0.15) is 46.0 Å². The number of aromatic nitrogens is 2. The van der Waals surface area contributed by atoms with Crippen molar-refractivity contribution in [3.05, 3.63) is 59.7 Å². The Labute approximate surface area is 147 Å². The number of carbonyl (C=O) groups excluding carboxylic acids is 2. The number of hydrogen-bond acceptors (Lipinski definition) is 4. The number of carbonyl (C=O) groups is 2. The molecule has 6 heteroatoms. The Kier molecular flexibility index (Phi) is 5.38. The molecule has 0 saturated carbocycles. The number of nitrogens with one attached hydrogen (secondary N) is 1. The Hall–Kier alpha value is -2.76. The minimum atomic E-state index is -0.252. The van der Waals surface area contributed by atoms with Crippen LogP contribution in [-0.4, -0.2) is 39.8 Å². The van der Waals surface area contributed by atoms with Gasteiger partial charge >= 0.3 is 0 Å². The lowest BCUT2D eigenvalue weighted by Gasteiger charge is -2.30. The van der Waals surface area contributed by atoms with Gasteiger partial charge in [-0.15, -0.1) is 0 Å². The van der Waals surface area contributed by atoms with Gasteiger partial charge < -0.3 is 10.2 Å². The van der Waals surface area contributed by atoms with Crippen LogP contribution in [0.25, 0.3) is 0 Å². The van der Waals surface area contributed by atoms with Crippen LogP contribution in [0.3, 0.4) is 0 Å². The zero-order valence-electron chi connectivity index (χ0n) is 14.3. The molecule has 0 aliphatic carbocycles. The molecule has 0 radical (unpaired) electrons. The van der Waals surface area contributed by atoms with Crippen molar-refractivity contribution >= 4 is 11.8 Å². The lowest BCUT2D eigenvalue weighted by Crippen LogP contribution is -2.39. The monoisotopic (exact) mass is 338 g/mol. The zero-order chi connectivity index (χ0) is 17.6. The molecule has 1 N–H and O–H groups in total. The van der Waals surface area contributed by atoms with Crippen molar-refractivity contribution in [2.75, 3.05) is 13.1 Å². The van der Waals surface area contributed by atoms with Crippen molar-refractivity contribution in [3.8, 4) is 0 Å². The van der Waals surface area contributed by atoms with E-state index < -0.39 is 0 Å². The topological polar surface area (TPSA) is 75.2 Å². The highest BCUT2D eigenvalue weighted by Crippen LogP contribution is 2.18. The quantitative estimate of drug-likeness (QED) is 0.928. The van der Waals surface area contributed by atoms with Gasteiger partial charge in [0.1, 0.15) is 0 Å². The van der Waals surface area contributed by atoms with Gasteiger partial charge in [-0.25, -0.2) is 0 Å². The van der Waals surface area contributed by atoms with Gasteiger partial charge in [-0.3, -0.25) is 19.6 Å². The summed E-state index contributed by atoms with van der Waals surface area (Å²) in [4.78, 5) is 34.9. The van der Waals surface area contributed by atoms with Crippen molar-refractivity contribution in [1.82, 2.24) is 20.2 Å². The summed E-state index contributed by atoms with van der Waals surface area (Å²) in [6.45, 7) is 4.06. The first-order valence-corrected chi connectivity index (χ1v) is 8.55.